The summed E-state index contributed by atoms with van der Waals surface area (Å²) in [6.45, 7) is 9.69. The van der Waals surface area contributed by atoms with Crippen molar-refractivity contribution < 1.29 is 80.2 Å². The first-order valence-electron chi connectivity index (χ1n) is 42.5. The fraction of sp³-hybridized carbons (Fsp3) is 0.951. The molecule has 0 aromatic heterocycles. The van der Waals surface area contributed by atoms with Crippen molar-refractivity contribution >= 4 is 39.5 Å². The van der Waals surface area contributed by atoms with Crippen LogP contribution in [0.3, 0.4) is 0 Å². The summed E-state index contributed by atoms with van der Waals surface area (Å²) in [5.41, 5.74) is 0. The Kier molecular flexibility index (Phi) is 72.2. The maximum Gasteiger partial charge on any atom is 0.472 e. The Hall–Kier alpha value is -1.94. The Balaban J connectivity index is 5.22. The van der Waals surface area contributed by atoms with Gasteiger partial charge in [0.1, 0.15) is 19.3 Å². The summed E-state index contributed by atoms with van der Waals surface area (Å²) in [4.78, 5) is 73.0. The van der Waals surface area contributed by atoms with Gasteiger partial charge < -0.3 is 33.8 Å². The molecule has 101 heavy (non-hydrogen) atoms. The molecule has 0 radical (unpaired) electrons. The summed E-state index contributed by atoms with van der Waals surface area (Å²) >= 11 is 0. The number of carbonyl (C=O) groups is 4. The van der Waals surface area contributed by atoms with Crippen LogP contribution in [-0.2, 0) is 65.4 Å². The normalized spacial score (nSPS) is 14.2. The minimum absolute atomic E-state index is 0.106. The molecule has 0 aliphatic rings. The predicted octanol–water partition coefficient (Wildman–Crippen LogP) is 24.7. The zero-order chi connectivity index (χ0) is 74.2. The Morgan fingerprint density at radius 1 is 0.287 bits per heavy atom. The van der Waals surface area contributed by atoms with E-state index in [2.05, 4.69) is 41.5 Å². The summed E-state index contributed by atoms with van der Waals surface area (Å²) in [6, 6.07) is 0. The molecular formula is C82H160O17P2. The largest absolute Gasteiger partial charge is 0.472 e. The monoisotopic (exact) mass is 1480 g/mol. The molecule has 0 rings (SSSR count). The topological polar surface area (TPSA) is 237 Å². The number of phosphoric acid groups is 2. The molecule has 3 N–H and O–H groups in total. The van der Waals surface area contributed by atoms with E-state index in [0.717, 1.165) is 102 Å². The number of esters is 4. The second-order valence-corrected chi connectivity index (χ2v) is 33.1. The van der Waals surface area contributed by atoms with Crippen LogP contribution in [0, 0.1) is 11.8 Å². The molecule has 6 atom stereocenters. The zero-order valence-electron chi connectivity index (χ0n) is 66.2. The van der Waals surface area contributed by atoms with E-state index in [4.69, 9.17) is 37.0 Å². The van der Waals surface area contributed by atoms with Crippen LogP contribution >= 0.6 is 15.6 Å². The van der Waals surface area contributed by atoms with Crippen LogP contribution in [0.25, 0.3) is 0 Å². The number of rotatable bonds is 81. The van der Waals surface area contributed by atoms with Gasteiger partial charge in [-0.05, 0) is 37.5 Å². The van der Waals surface area contributed by atoms with E-state index in [1.165, 1.54) is 250 Å². The molecule has 0 bridgehead atoms. The first-order valence-corrected chi connectivity index (χ1v) is 45.5. The van der Waals surface area contributed by atoms with Gasteiger partial charge in [-0.1, -0.05) is 382 Å². The lowest BCUT2D eigenvalue weighted by atomic mass is 9.99. The molecule has 0 amide bonds. The highest BCUT2D eigenvalue weighted by atomic mass is 31.2. The van der Waals surface area contributed by atoms with Crippen LogP contribution in [0.1, 0.15) is 433 Å². The minimum Gasteiger partial charge on any atom is -0.462 e. The Bertz CT molecular complexity index is 1940. The fourth-order valence-corrected chi connectivity index (χ4v) is 14.3. The number of phosphoric ester groups is 2. The van der Waals surface area contributed by atoms with Gasteiger partial charge in [-0.3, -0.25) is 37.3 Å². The van der Waals surface area contributed by atoms with Gasteiger partial charge >= 0.3 is 39.5 Å². The second kappa shape index (κ2) is 73.6. The van der Waals surface area contributed by atoms with Gasteiger partial charge in [0, 0.05) is 25.7 Å². The first kappa shape index (κ1) is 99.1. The van der Waals surface area contributed by atoms with Gasteiger partial charge in [-0.2, -0.15) is 0 Å². The van der Waals surface area contributed by atoms with E-state index in [0.29, 0.717) is 25.7 Å². The Morgan fingerprint density at radius 2 is 0.505 bits per heavy atom. The maximum atomic E-state index is 13.1. The summed E-state index contributed by atoms with van der Waals surface area (Å²) in [5, 5.41) is 10.6. The summed E-state index contributed by atoms with van der Waals surface area (Å²) in [5.74, 6) is -0.499. The van der Waals surface area contributed by atoms with E-state index < -0.39 is 97.5 Å². The van der Waals surface area contributed by atoms with Crippen LogP contribution in [0.5, 0.6) is 0 Å². The van der Waals surface area contributed by atoms with Crippen molar-refractivity contribution in [2.24, 2.45) is 11.8 Å². The lowest BCUT2D eigenvalue weighted by Crippen LogP contribution is -2.30. The number of aliphatic hydroxyl groups excluding tert-OH is 1. The quantitative estimate of drug-likeness (QED) is 0.0222. The molecule has 3 unspecified atom stereocenters. The number of ether oxygens (including phenoxy) is 4. The highest BCUT2D eigenvalue weighted by Crippen LogP contribution is 2.45. The highest BCUT2D eigenvalue weighted by molar-refractivity contribution is 7.47. The van der Waals surface area contributed by atoms with Crippen molar-refractivity contribution in [2.75, 3.05) is 39.6 Å². The highest BCUT2D eigenvalue weighted by Gasteiger charge is 2.30. The van der Waals surface area contributed by atoms with Crippen molar-refractivity contribution in [3.63, 3.8) is 0 Å². The standard InChI is InChI=1S/C82H160O17P2/c1-7-10-12-14-16-18-20-22-27-31-35-41-47-53-59-65-80(85)93-70-77(98-81(86)66-60-54-48-42-36-32-29-26-24-23-25-28-30-33-39-45-51-57-63-75(6)9-3)72-96-100(88,89)94-68-76(83)69-95-101(90,91)97-73-78(99-82(87)67-61-55-49-43-37-38-44-50-56-62-74(4)5)71-92-79(84)64-58-52-46-40-34-21-19-17-15-13-11-8-2/h74-78,83H,7-73H2,1-6H3,(H,88,89)(H,90,91)/t75?,76-,77-,78-/m1/s1. The number of aliphatic hydroxyl groups is 1. The molecule has 0 heterocycles. The average Bonchev–Trinajstić information content (AvgIpc) is 1.19. The van der Waals surface area contributed by atoms with Gasteiger partial charge in [0.05, 0.1) is 26.4 Å². The smallest absolute Gasteiger partial charge is 0.462 e. The van der Waals surface area contributed by atoms with Crippen LogP contribution in [0.4, 0.5) is 0 Å². The second-order valence-electron chi connectivity index (χ2n) is 30.2. The summed E-state index contributed by atoms with van der Waals surface area (Å²) < 4.78 is 68.7. The van der Waals surface area contributed by atoms with Gasteiger partial charge in [0.15, 0.2) is 12.2 Å². The number of unbranched alkanes of at least 4 members (excludes halogenated alkanes) is 50. The number of hydrogen-bond donors (Lipinski definition) is 3. The van der Waals surface area contributed by atoms with Crippen LogP contribution in [-0.4, -0.2) is 96.7 Å². The molecule has 0 saturated heterocycles. The van der Waals surface area contributed by atoms with Crippen molar-refractivity contribution in [2.45, 2.75) is 452 Å². The van der Waals surface area contributed by atoms with Gasteiger partial charge in [-0.25, -0.2) is 9.13 Å². The van der Waals surface area contributed by atoms with E-state index >= 15 is 0 Å². The Labute approximate surface area is 619 Å². The Morgan fingerprint density at radius 3 is 0.752 bits per heavy atom. The van der Waals surface area contributed by atoms with Crippen molar-refractivity contribution in [1.82, 2.24) is 0 Å². The third kappa shape index (κ3) is 74.7. The van der Waals surface area contributed by atoms with Crippen molar-refractivity contribution in [1.29, 1.82) is 0 Å². The maximum absolute atomic E-state index is 13.1. The molecule has 0 fully saturated rings. The molecule has 0 aliphatic heterocycles. The SMILES string of the molecule is CCCCCCCCCCCCCCCCCC(=O)OC[C@H](COP(=O)(O)OC[C@@H](O)COP(=O)(O)OC[C@@H](COC(=O)CCCCCCCCCCCCCC)OC(=O)CCCCCCCCCCCC(C)C)OC(=O)CCCCCCCCCCCCCCCCCCCCC(C)CC. The molecule has 0 aliphatic carbocycles. The van der Waals surface area contributed by atoms with Crippen LogP contribution in [0.2, 0.25) is 0 Å². The van der Waals surface area contributed by atoms with Crippen LogP contribution in [0.15, 0.2) is 0 Å². The van der Waals surface area contributed by atoms with E-state index in [9.17, 15) is 43.2 Å². The lowest BCUT2D eigenvalue weighted by molar-refractivity contribution is -0.161. The fourth-order valence-electron chi connectivity index (χ4n) is 12.7. The molecule has 600 valence electrons. The molecule has 0 aromatic rings. The van der Waals surface area contributed by atoms with E-state index in [1.807, 2.05) is 0 Å². The molecule has 0 aromatic carbocycles. The molecule has 0 saturated carbocycles. The molecule has 17 nitrogen and oxygen atoms in total. The van der Waals surface area contributed by atoms with E-state index in [-0.39, 0.29) is 25.7 Å². The third-order valence-electron chi connectivity index (χ3n) is 19.6. The third-order valence-corrected chi connectivity index (χ3v) is 21.5. The molecular weight excluding hydrogens is 1320 g/mol. The van der Waals surface area contributed by atoms with Gasteiger partial charge in [0.25, 0.3) is 0 Å². The van der Waals surface area contributed by atoms with Gasteiger partial charge in [-0.15, -0.1) is 0 Å². The van der Waals surface area contributed by atoms with Gasteiger partial charge in [0.2, 0.25) is 0 Å². The number of carbonyl (C=O) groups excluding carboxylic acids is 4. The lowest BCUT2D eigenvalue weighted by Gasteiger charge is -2.21. The molecule has 19 heteroatoms. The average molecular weight is 1480 g/mol. The van der Waals surface area contributed by atoms with Crippen molar-refractivity contribution in [3.8, 4) is 0 Å². The summed E-state index contributed by atoms with van der Waals surface area (Å²) in [6.07, 6.45) is 63.8. The zero-order valence-corrected chi connectivity index (χ0v) is 68.0. The van der Waals surface area contributed by atoms with Crippen molar-refractivity contribution in [3.05, 3.63) is 0 Å². The van der Waals surface area contributed by atoms with E-state index in [1.54, 1.807) is 0 Å². The minimum atomic E-state index is -4.96. The van der Waals surface area contributed by atoms with Crippen LogP contribution < -0.4 is 0 Å². The first-order chi connectivity index (χ1) is 48.9. The number of hydrogen-bond acceptors (Lipinski definition) is 15. The molecule has 0 spiro atoms. The summed E-state index contributed by atoms with van der Waals surface area (Å²) in [7, 11) is -9.92. The predicted molar refractivity (Wildman–Crippen MR) is 414 cm³/mol.